The number of piperidine rings is 1. The minimum Gasteiger partial charge on any atom is -0.396 e. The first-order valence-electron chi connectivity index (χ1n) is 6.42. The Hall–Kier alpha value is -1.55. The molecule has 2 rings (SSSR count). The van der Waals surface area contributed by atoms with Crippen LogP contribution in [0.4, 0.5) is 10.5 Å². The van der Waals surface area contributed by atoms with E-state index in [2.05, 4.69) is 5.32 Å². The summed E-state index contributed by atoms with van der Waals surface area (Å²) in [7, 11) is 0. The maximum absolute atomic E-state index is 12.0. The standard InChI is InChI=1S/C14H20N2O2/c1-11-4-6-13(7-5-11)15-14(18)16-8-2-3-12(9-16)10-17/h4-7,12,17H,2-3,8-10H2,1H3,(H,15,18). The number of aliphatic hydroxyl groups excluding tert-OH is 1. The van der Waals surface area contributed by atoms with E-state index in [4.69, 9.17) is 5.11 Å². The average molecular weight is 248 g/mol. The quantitative estimate of drug-likeness (QED) is 0.843. The number of carbonyl (C=O) groups is 1. The third-order valence-corrected chi connectivity index (χ3v) is 3.37. The van der Waals surface area contributed by atoms with Gasteiger partial charge in [0.1, 0.15) is 0 Å². The van der Waals surface area contributed by atoms with Gasteiger partial charge in [-0.1, -0.05) is 17.7 Å². The highest BCUT2D eigenvalue weighted by atomic mass is 16.3. The van der Waals surface area contributed by atoms with Gasteiger partial charge in [-0.25, -0.2) is 4.79 Å². The van der Waals surface area contributed by atoms with Gasteiger partial charge in [0.05, 0.1) is 0 Å². The number of aryl methyl sites for hydroxylation is 1. The smallest absolute Gasteiger partial charge is 0.321 e. The Labute approximate surface area is 108 Å². The minimum atomic E-state index is -0.0722. The lowest BCUT2D eigenvalue weighted by molar-refractivity contribution is 0.136. The average Bonchev–Trinajstić information content (AvgIpc) is 2.41. The van der Waals surface area contributed by atoms with Crippen LogP contribution in [0, 0.1) is 12.8 Å². The van der Waals surface area contributed by atoms with Crippen LogP contribution in [-0.4, -0.2) is 35.7 Å². The number of nitrogens with one attached hydrogen (secondary N) is 1. The predicted octanol–water partition coefficient (Wildman–Crippen LogP) is 2.23. The van der Waals surface area contributed by atoms with Gasteiger partial charge < -0.3 is 15.3 Å². The fraction of sp³-hybridized carbons (Fsp3) is 0.500. The molecule has 2 amide bonds. The predicted molar refractivity (Wildman–Crippen MR) is 71.6 cm³/mol. The first-order chi connectivity index (χ1) is 8.69. The number of rotatable bonds is 2. The molecule has 2 N–H and O–H groups in total. The summed E-state index contributed by atoms with van der Waals surface area (Å²) in [6, 6.07) is 7.68. The van der Waals surface area contributed by atoms with E-state index in [1.54, 1.807) is 4.90 Å². The molecule has 0 saturated carbocycles. The molecule has 1 fully saturated rings. The molecule has 0 aliphatic carbocycles. The van der Waals surface area contributed by atoms with Crippen LogP contribution in [0.5, 0.6) is 0 Å². The van der Waals surface area contributed by atoms with Crippen LogP contribution in [0.15, 0.2) is 24.3 Å². The first-order valence-corrected chi connectivity index (χ1v) is 6.42. The van der Waals surface area contributed by atoms with Crippen LogP contribution in [0.2, 0.25) is 0 Å². The van der Waals surface area contributed by atoms with E-state index in [9.17, 15) is 4.79 Å². The topological polar surface area (TPSA) is 52.6 Å². The van der Waals surface area contributed by atoms with Gasteiger partial charge in [-0.2, -0.15) is 0 Å². The van der Waals surface area contributed by atoms with Crippen LogP contribution in [0.3, 0.4) is 0 Å². The maximum atomic E-state index is 12.0. The summed E-state index contributed by atoms with van der Waals surface area (Å²) < 4.78 is 0. The Morgan fingerprint density at radius 3 is 2.83 bits per heavy atom. The molecule has 1 heterocycles. The Kier molecular flexibility index (Phi) is 4.20. The van der Waals surface area contributed by atoms with Crippen LogP contribution >= 0.6 is 0 Å². The highest BCUT2D eigenvalue weighted by Gasteiger charge is 2.22. The number of likely N-dealkylation sites (tertiary alicyclic amines) is 1. The van der Waals surface area contributed by atoms with E-state index in [-0.39, 0.29) is 18.6 Å². The molecule has 1 aromatic carbocycles. The van der Waals surface area contributed by atoms with Gasteiger partial charge in [-0.05, 0) is 37.8 Å². The van der Waals surface area contributed by atoms with Crippen molar-refractivity contribution in [3.05, 3.63) is 29.8 Å². The van der Waals surface area contributed by atoms with Crippen molar-refractivity contribution in [2.45, 2.75) is 19.8 Å². The summed E-state index contributed by atoms with van der Waals surface area (Å²) in [6.45, 7) is 3.60. The second-order valence-electron chi connectivity index (χ2n) is 4.93. The lowest BCUT2D eigenvalue weighted by Crippen LogP contribution is -2.43. The highest BCUT2D eigenvalue weighted by Crippen LogP contribution is 2.17. The van der Waals surface area contributed by atoms with Crippen molar-refractivity contribution in [3.63, 3.8) is 0 Å². The monoisotopic (exact) mass is 248 g/mol. The first kappa shape index (κ1) is 12.9. The molecule has 1 aromatic rings. The van der Waals surface area contributed by atoms with E-state index < -0.39 is 0 Å². The van der Waals surface area contributed by atoms with Crippen LogP contribution in [0.25, 0.3) is 0 Å². The lowest BCUT2D eigenvalue weighted by Gasteiger charge is -2.31. The largest absolute Gasteiger partial charge is 0.396 e. The molecular weight excluding hydrogens is 228 g/mol. The van der Waals surface area contributed by atoms with Gasteiger partial charge in [0.15, 0.2) is 0 Å². The van der Waals surface area contributed by atoms with Crippen molar-refractivity contribution in [1.29, 1.82) is 0 Å². The van der Waals surface area contributed by atoms with Crippen molar-refractivity contribution in [1.82, 2.24) is 4.90 Å². The number of benzene rings is 1. The molecule has 18 heavy (non-hydrogen) atoms. The number of hydrogen-bond donors (Lipinski definition) is 2. The number of nitrogens with zero attached hydrogens (tertiary/aromatic N) is 1. The van der Waals surface area contributed by atoms with Gasteiger partial charge in [0, 0.05) is 25.4 Å². The van der Waals surface area contributed by atoms with E-state index in [1.165, 1.54) is 5.56 Å². The fourth-order valence-corrected chi connectivity index (χ4v) is 2.24. The molecule has 1 unspecified atom stereocenters. The lowest BCUT2D eigenvalue weighted by atomic mass is 9.99. The van der Waals surface area contributed by atoms with Crippen molar-refractivity contribution in [2.75, 3.05) is 25.0 Å². The summed E-state index contributed by atoms with van der Waals surface area (Å²) >= 11 is 0. The minimum absolute atomic E-state index is 0.0722. The Morgan fingerprint density at radius 1 is 1.44 bits per heavy atom. The molecule has 0 radical (unpaired) electrons. The summed E-state index contributed by atoms with van der Waals surface area (Å²) in [4.78, 5) is 13.8. The molecule has 98 valence electrons. The van der Waals surface area contributed by atoms with Crippen molar-refractivity contribution >= 4 is 11.7 Å². The van der Waals surface area contributed by atoms with E-state index in [1.807, 2.05) is 31.2 Å². The molecule has 0 spiro atoms. The Balaban J connectivity index is 1.93. The van der Waals surface area contributed by atoms with E-state index in [0.29, 0.717) is 6.54 Å². The third kappa shape index (κ3) is 3.23. The van der Waals surface area contributed by atoms with Crippen LogP contribution in [0.1, 0.15) is 18.4 Å². The van der Waals surface area contributed by atoms with Crippen LogP contribution < -0.4 is 5.32 Å². The van der Waals surface area contributed by atoms with Crippen LogP contribution in [-0.2, 0) is 0 Å². The number of amides is 2. The molecule has 0 aromatic heterocycles. The molecule has 1 aliphatic heterocycles. The second-order valence-corrected chi connectivity index (χ2v) is 4.93. The number of aliphatic hydroxyl groups is 1. The Bertz CT molecular complexity index is 403. The zero-order valence-electron chi connectivity index (χ0n) is 10.7. The Morgan fingerprint density at radius 2 is 2.17 bits per heavy atom. The van der Waals surface area contributed by atoms with E-state index in [0.717, 1.165) is 25.1 Å². The summed E-state index contributed by atoms with van der Waals surface area (Å²) in [5.41, 5.74) is 1.99. The normalized spacial score (nSPS) is 19.7. The van der Waals surface area contributed by atoms with Gasteiger partial charge in [-0.3, -0.25) is 0 Å². The third-order valence-electron chi connectivity index (χ3n) is 3.37. The molecule has 0 bridgehead atoms. The maximum Gasteiger partial charge on any atom is 0.321 e. The SMILES string of the molecule is Cc1ccc(NC(=O)N2CCCC(CO)C2)cc1. The molecule has 4 nitrogen and oxygen atoms in total. The van der Waals surface area contributed by atoms with Crippen molar-refractivity contribution in [3.8, 4) is 0 Å². The van der Waals surface area contributed by atoms with E-state index >= 15 is 0 Å². The van der Waals surface area contributed by atoms with Crippen molar-refractivity contribution < 1.29 is 9.90 Å². The number of hydrogen-bond acceptors (Lipinski definition) is 2. The molecular formula is C14H20N2O2. The molecule has 1 atom stereocenters. The fourth-order valence-electron chi connectivity index (χ4n) is 2.24. The molecule has 1 saturated heterocycles. The van der Waals surface area contributed by atoms with Crippen molar-refractivity contribution in [2.24, 2.45) is 5.92 Å². The van der Waals surface area contributed by atoms with Gasteiger partial charge in [-0.15, -0.1) is 0 Å². The number of carbonyl (C=O) groups excluding carboxylic acids is 1. The van der Waals surface area contributed by atoms with Gasteiger partial charge >= 0.3 is 6.03 Å². The molecule has 4 heteroatoms. The summed E-state index contributed by atoms with van der Waals surface area (Å²) in [5, 5.41) is 12.0. The van der Waals surface area contributed by atoms with Gasteiger partial charge in [0.25, 0.3) is 0 Å². The highest BCUT2D eigenvalue weighted by molar-refractivity contribution is 5.89. The summed E-state index contributed by atoms with van der Waals surface area (Å²) in [6.07, 6.45) is 1.97. The number of anilines is 1. The van der Waals surface area contributed by atoms with Gasteiger partial charge in [0.2, 0.25) is 0 Å². The zero-order valence-corrected chi connectivity index (χ0v) is 10.7. The summed E-state index contributed by atoms with van der Waals surface area (Å²) in [5.74, 6) is 0.225. The number of urea groups is 1. The second kappa shape index (κ2) is 5.87. The zero-order chi connectivity index (χ0) is 13.0. The molecule has 1 aliphatic rings.